The van der Waals surface area contributed by atoms with E-state index < -0.39 is 0 Å². The summed E-state index contributed by atoms with van der Waals surface area (Å²) in [6.07, 6.45) is 5.20. The molecule has 0 amide bonds. The Bertz CT molecular complexity index is 257. The van der Waals surface area contributed by atoms with E-state index in [1.54, 1.807) is 4.88 Å². The third-order valence-electron chi connectivity index (χ3n) is 2.20. The molecular weight excluding hydrogens is 281 g/mol. The van der Waals surface area contributed by atoms with E-state index in [4.69, 9.17) is 0 Å². The fourth-order valence-corrected chi connectivity index (χ4v) is 3.15. The number of alkyl halides is 1. The van der Waals surface area contributed by atoms with Gasteiger partial charge in [-0.2, -0.15) is 0 Å². The number of nitrogens with zero attached hydrogens (tertiary/aromatic N) is 1. The third kappa shape index (κ3) is 1.66. The van der Waals surface area contributed by atoms with Gasteiger partial charge in [0, 0.05) is 4.88 Å². The van der Waals surface area contributed by atoms with E-state index in [2.05, 4.69) is 34.5 Å². The maximum absolute atomic E-state index is 4.66. The van der Waals surface area contributed by atoms with Crippen LogP contribution in [0.4, 0.5) is 0 Å². The molecule has 1 aromatic rings. The van der Waals surface area contributed by atoms with Gasteiger partial charge in [0.05, 0.1) is 9.62 Å². The van der Waals surface area contributed by atoms with E-state index in [0.717, 1.165) is 0 Å². The number of aromatic nitrogens is 1. The number of aryl methyl sites for hydroxylation is 2. The topological polar surface area (TPSA) is 12.9 Å². The fraction of sp³-hybridized carbons (Fsp3) is 0.667. The molecule has 0 radical (unpaired) electrons. The highest BCUT2D eigenvalue weighted by molar-refractivity contribution is 14.1. The lowest BCUT2D eigenvalue weighted by atomic mass is 10.0. The zero-order valence-corrected chi connectivity index (χ0v) is 10.1. The minimum absolute atomic E-state index is 0.582. The van der Waals surface area contributed by atoms with Crippen LogP contribution < -0.4 is 0 Å². The second-order valence-corrected chi connectivity index (χ2v) is 6.23. The molecule has 66 valence electrons. The molecule has 1 heterocycles. The van der Waals surface area contributed by atoms with Crippen LogP contribution in [0.1, 0.15) is 39.3 Å². The van der Waals surface area contributed by atoms with Gasteiger partial charge in [0.25, 0.3) is 0 Å². The van der Waals surface area contributed by atoms with Crippen molar-refractivity contribution in [3.05, 3.63) is 15.6 Å². The van der Waals surface area contributed by atoms with Crippen LogP contribution in [-0.4, -0.2) is 4.98 Å². The van der Waals surface area contributed by atoms with Gasteiger partial charge < -0.3 is 0 Å². The average molecular weight is 293 g/mol. The van der Waals surface area contributed by atoms with Crippen LogP contribution >= 0.6 is 33.9 Å². The van der Waals surface area contributed by atoms with Crippen LogP contribution in [0.2, 0.25) is 0 Å². The maximum Gasteiger partial charge on any atom is 0.106 e. The molecule has 1 aliphatic carbocycles. The lowest BCUT2D eigenvalue weighted by molar-refractivity contribution is 0.681. The molecule has 1 nitrogen and oxygen atoms in total. The summed E-state index contributed by atoms with van der Waals surface area (Å²) < 4.78 is 0.582. The zero-order chi connectivity index (χ0) is 8.55. The van der Waals surface area contributed by atoms with Crippen molar-refractivity contribution in [2.75, 3.05) is 0 Å². The van der Waals surface area contributed by atoms with Crippen molar-refractivity contribution in [3.8, 4) is 0 Å². The van der Waals surface area contributed by atoms with Crippen molar-refractivity contribution < 1.29 is 0 Å². The summed E-state index contributed by atoms with van der Waals surface area (Å²) >= 11 is 4.36. The molecule has 1 aliphatic rings. The van der Waals surface area contributed by atoms with Gasteiger partial charge in [-0.05, 0) is 32.6 Å². The molecule has 0 unspecified atom stereocenters. The molecular formula is C9H12INS. The Morgan fingerprint density at radius 1 is 1.42 bits per heavy atom. The van der Waals surface area contributed by atoms with Gasteiger partial charge in [0.15, 0.2) is 0 Å². The summed E-state index contributed by atoms with van der Waals surface area (Å²) in [5.41, 5.74) is 1.39. The minimum Gasteiger partial charge on any atom is -0.245 e. The van der Waals surface area contributed by atoms with Crippen LogP contribution in [0.3, 0.4) is 0 Å². The Morgan fingerprint density at radius 3 is 2.83 bits per heavy atom. The predicted molar refractivity (Wildman–Crippen MR) is 61.2 cm³/mol. The zero-order valence-electron chi connectivity index (χ0n) is 7.14. The quantitative estimate of drug-likeness (QED) is 0.570. The van der Waals surface area contributed by atoms with E-state index >= 15 is 0 Å². The SMILES string of the molecule is C[C@H](I)c1nc2c(s1)CCCC2. The average Bonchev–Trinajstić information content (AvgIpc) is 2.46. The lowest BCUT2D eigenvalue weighted by Crippen LogP contribution is -1.99. The Hall–Kier alpha value is 0.360. The summed E-state index contributed by atoms with van der Waals surface area (Å²) in [4.78, 5) is 6.22. The minimum atomic E-state index is 0.582. The lowest BCUT2D eigenvalue weighted by Gasteiger charge is -2.06. The van der Waals surface area contributed by atoms with Crippen LogP contribution in [0.5, 0.6) is 0 Å². The summed E-state index contributed by atoms with van der Waals surface area (Å²) in [7, 11) is 0. The molecule has 0 saturated carbocycles. The number of thiazole rings is 1. The number of hydrogen-bond donors (Lipinski definition) is 0. The molecule has 0 saturated heterocycles. The molecule has 0 N–H and O–H groups in total. The molecule has 0 aromatic carbocycles. The molecule has 12 heavy (non-hydrogen) atoms. The van der Waals surface area contributed by atoms with Crippen LogP contribution in [0.25, 0.3) is 0 Å². The number of fused-ring (bicyclic) bond motifs is 1. The van der Waals surface area contributed by atoms with Crippen molar-refractivity contribution in [3.63, 3.8) is 0 Å². The van der Waals surface area contributed by atoms with Crippen molar-refractivity contribution in [2.45, 2.75) is 36.5 Å². The van der Waals surface area contributed by atoms with Gasteiger partial charge >= 0.3 is 0 Å². The van der Waals surface area contributed by atoms with E-state index in [1.165, 1.54) is 36.4 Å². The molecule has 0 bridgehead atoms. The summed E-state index contributed by atoms with van der Waals surface area (Å²) in [6.45, 7) is 2.21. The largest absolute Gasteiger partial charge is 0.245 e. The Kier molecular flexibility index (Phi) is 2.69. The fourth-order valence-electron chi connectivity index (χ4n) is 1.54. The Balaban J connectivity index is 2.32. The molecule has 1 atom stereocenters. The second-order valence-electron chi connectivity index (χ2n) is 3.25. The third-order valence-corrected chi connectivity index (χ3v) is 4.56. The Labute approximate surface area is 90.7 Å². The molecule has 2 rings (SSSR count). The van der Waals surface area contributed by atoms with Crippen LogP contribution in [0, 0.1) is 0 Å². The molecule has 0 fully saturated rings. The number of halogens is 1. The van der Waals surface area contributed by atoms with Crippen LogP contribution in [0.15, 0.2) is 0 Å². The highest BCUT2D eigenvalue weighted by Crippen LogP contribution is 2.32. The van der Waals surface area contributed by atoms with Gasteiger partial charge in [-0.1, -0.05) is 22.6 Å². The van der Waals surface area contributed by atoms with Crippen molar-refractivity contribution in [1.29, 1.82) is 0 Å². The summed E-state index contributed by atoms with van der Waals surface area (Å²) in [5.74, 6) is 0. The normalized spacial score (nSPS) is 18.8. The maximum atomic E-state index is 4.66. The molecule has 3 heteroatoms. The second kappa shape index (κ2) is 3.62. The first kappa shape index (κ1) is 8.94. The van der Waals surface area contributed by atoms with Gasteiger partial charge in [-0.3, -0.25) is 0 Å². The Morgan fingerprint density at radius 2 is 2.17 bits per heavy atom. The van der Waals surface area contributed by atoms with E-state index in [-0.39, 0.29) is 0 Å². The van der Waals surface area contributed by atoms with Gasteiger partial charge in [-0.15, -0.1) is 11.3 Å². The van der Waals surface area contributed by atoms with Gasteiger partial charge in [0.2, 0.25) is 0 Å². The van der Waals surface area contributed by atoms with E-state index in [1.807, 2.05) is 11.3 Å². The van der Waals surface area contributed by atoms with Crippen molar-refractivity contribution in [1.82, 2.24) is 4.98 Å². The van der Waals surface area contributed by atoms with Crippen molar-refractivity contribution in [2.24, 2.45) is 0 Å². The number of hydrogen-bond acceptors (Lipinski definition) is 2. The number of rotatable bonds is 1. The summed E-state index contributed by atoms with van der Waals surface area (Å²) in [5, 5.41) is 1.32. The highest BCUT2D eigenvalue weighted by atomic mass is 127. The first-order valence-electron chi connectivity index (χ1n) is 4.40. The van der Waals surface area contributed by atoms with Gasteiger partial charge in [0.1, 0.15) is 5.01 Å². The van der Waals surface area contributed by atoms with Gasteiger partial charge in [-0.25, -0.2) is 4.98 Å². The smallest absolute Gasteiger partial charge is 0.106 e. The molecule has 0 spiro atoms. The molecule has 1 aromatic heterocycles. The standard InChI is InChI=1S/C9H12INS/c1-6(10)9-11-7-4-2-3-5-8(7)12-9/h6H,2-5H2,1H3/t6-/m0/s1. The predicted octanol–water partition coefficient (Wildman–Crippen LogP) is 3.52. The van der Waals surface area contributed by atoms with Crippen LogP contribution in [-0.2, 0) is 12.8 Å². The van der Waals surface area contributed by atoms with E-state index in [9.17, 15) is 0 Å². The highest BCUT2D eigenvalue weighted by Gasteiger charge is 2.16. The van der Waals surface area contributed by atoms with E-state index in [0.29, 0.717) is 3.92 Å². The first-order valence-corrected chi connectivity index (χ1v) is 6.46. The monoisotopic (exact) mass is 293 g/mol. The first-order chi connectivity index (χ1) is 5.77. The molecule has 0 aliphatic heterocycles. The van der Waals surface area contributed by atoms with Crippen molar-refractivity contribution >= 4 is 33.9 Å². The summed E-state index contributed by atoms with van der Waals surface area (Å²) in [6, 6.07) is 0.